The van der Waals surface area contributed by atoms with Gasteiger partial charge in [0.25, 0.3) is 0 Å². The van der Waals surface area contributed by atoms with Crippen LogP contribution in [0.2, 0.25) is 0 Å². The van der Waals surface area contributed by atoms with Crippen LogP contribution in [-0.2, 0) is 13.1 Å². The number of hydrogen-bond donors (Lipinski definition) is 1. The molecule has 2 aromatic rings. The highest BCUT2D eigenvalue weighted by Crippen LogP contribution is 2.26. The van der Waals surface area contributed by atoms with Gasteiger partial charge >= 0.3 is 0 Å². The quantitative estimate of drug-likeness (QED) is 0.877. The number of hydrogen-bond acceptors (Lipinski definition) is 4. The molecule has 0 saturated heterocycles. The highest BCUT2D eigenvalue weighted by atomic mass is 16.5. The highest BCUT2D eigenvalue weighted by molar-refractivity contribution is 5.58. The monoisotopic (exact) mass is 274 g/mol. The van der Waals surface area contributed by atoms with Gasteiger partial charge in [-0.25, -0.2) is 0 Å². The number of methoxy groups -OCH3 is 1. The number of rotatable bonds is 6. The van der Waals surface area contributed by atoms with Gasteiger partial charge in [-0.2, -0.15) is 0 Å². The first kappa shape index (κ1) is 14.5. The molecule has 0 aliphatic rings. The zero-order chi connectivity index (χ0) is 14.5. The summed E-state index contributed by atoms with van der Waals surface area (Å²) < 4.78 is 10.8. The molecule has 20 heavy (non-hydrogen) atoms. The van der Waals surface area contributed by atoms with E-state index >= 15 is 0 Å². The Morgan fingerprint density at radius 1 is 1.25 bits per heavy atom. The van der Waals surface area contributed by atoms with Crippen LogP contribution in [0.5, 0.6) is 5.75 Å². The van der Waals surface area contributed by atoms with Crippen molar-refractivity contribution in [1.82, 2.24) is 4.90 Å². The van der Waals surface area contributed by atoms with Gasteiger partial charge in [0.2, 0.25) is 0 Å². The van der Waals surface area contributed by atoms with Crippen LogP contribution in [0.25, 0.3) is 0 Å². The van der Waals surface area contributed by atoms with Gasteiger partial charge in [-0.3, -0.25) is 0 Å². The predicted octanol–water partition coefficient (Wildman–Crippen LogP) is 3.27. The summed E-state index contributed by atoms with van der Waals surface area (Å²) in [5, 5.41) is 3.38. The maximum Gasteiger partial charge on any atom is 0.141 e. The summed E-state index contributed by atoms with van der Waals surface area (Å²) in [5.41, 5.74) is 3.39. The Bertz CT molecular complexity index is 561. The molecule has 0 atom stereocenters. The van der Waals surface area contributed by atoms with Crippen LogP contribution in [0.15, 0.2) is 34.9 Å². The minimum atomic E-state index is 0.653. The standard InChI is InChI=1S/C16H22N2O2/c1-12-7-8-20-16(12)10-17-14-9-13(11-18(2)3)5-6-15(14)19-4/h5-9,17H,10-11H2,1-4H3. The van der Waals surface area contributed by atoms with Gasteiger partial charge in [-0.05, 0) is 50.3 Å². The second-order valence-corrected chi connectivity index (χ2v) is 5.15. The summed E-state index contributed by atoms with van der Waals surface area (Å²) in [6.07, 6.45) is 1.71. The Morgan fingerprint density at radius 3 is 2.65 bits per heavy atom. The van der Waals surface area contributed by atoms with Crippen molar-refractivity contribution in [3.63, 3.8) is 0 Å². The van der Waals surface area contributed by atoms with E-state index in [4.69, 9.17) is 9.15 Å². The number of ether oxygens (including phenoxy) is 1. The Balaban J connectivity index is 2.13. The lowest BCUT2D eigenvalue weighted by molar-refractivity contribution is 0.400. The van der Waals surface area contributed by atoms with Crippen LogP contribution in [-0.4, -0.2) is 26.1 Å². The number of furan rings is 1. The molecule has 0 radical (unpaired) electrons. The number of nitrogens with one attached hydrogen (secondary N) is 1. The van der Waals surface area contributed by atoms with Crippen molar-refractivity contribution >= 4 is 5.69 Å². The molecule has 0 amide bonds. The maximum absolute atomic E-state index is 5.44. The Hall–Kier alpha value is -1.94. The summed E-state index contributed by atoms with van der Waals surface area (Å²) in [4.78, 5) is 2.14. The van der Waals surface area contributed by atoms with Crippen LogP contribution in [0.1, 0.15) is 16.9 Å². The molecule has 0 unspecified atom stereocenters. The van der Waals surface area contributed by atoms with Crippen molar-refractivity contribution in [3.05, 3.63) is 47.4 Å². The van der Waals surface area contributed by atoms with Crippen LogP contribution in [0.3, 0.4) is 0 Å². The van der Waals surface area contributed by atoms with E-state index in [1.165, 1.54) is 5.56 Å². The fraction of sp³-hybridized carbons (Fsp3) is 0.375. The molecule has 0 saturated carbocycles. The average molecular weight is 274 g/mol. The van der Waals surface area contributed by atoms with E-state index in [0.29, 0.717) is 6.54 Å². The van der Waals surface area contributed by atoms with E-state index in [9.17, 15) is 0 Å². The normalized spacial score (nSPS) is 10.8. The minimum absolute atomic E-state index is 0.653. The molecule has 0 fully saturated rings. The van der Waals surface area contributed by atoms with Crippen LogP contribution >= 0.6 is 0 Å². The first-order chi connectivity index (χ1) is 9.60. The molecular formula is C16H22N2O2. The van der Waals surface area contributed by atoms with Gasteiger partial charge in [-0.1, -0.05) is 6.07 Å². The van der Waals surface area contributed by atoms with E-state index in [0.717, 1.165) is 29.3 Å². The Morgan fingerprint density at radius 2 is 2.05 bits per heavy atom. The second kappa shape index (κ2) is 6.48. The van der Waals surface area contributed by atoms with Gasteiger partial charge in [0.15, 0.2) is 0 Å². The van der Waals surface area contributed by atoms with E-state index in [-0.39, 0.29) is 0 Å². The largest absolute Gasteiger partial charge is 0.495 e. The third-order valence-electron chi connectivity index (χ3n) is 3.17. The van der Waals surface area contributed by atoms with Gasteiger partial charge in [0.05, 0.1) is 25.6 Å². The van der Waals surface area contributed by atoms with E-state index in [2.05, 4.69) is 36.4 Å². The number of benzene rings is 1. The van der Waals surface area contributed by atoms with Crippen LogP contribution < -0.4 is 10.1 Å². The van der Waals surface area contributed by atoms with Crippen molar-refractivity contribution in [1.29, 1.82) is 0 Å². The fourth-order valence-electron chi connectivity index (χ4n) is 2.12. The lowest BCUT2D eigenvalue weighted by Gasteiger charge is -2.15. The molecule has 0 spiro atoms. The molecule has 108 valence electrons. The van der Waals surface area contributed by atoms with Crippen molar-refractivity contribution in [2.45, 2.75) is 20.0 Å². The Kier molecular flexibility index (Phi) is 4.69. The number of nitrogens with zero attached hydrogens (tertiary/aromatic N) is 1. The SMILES string of the molecule is COc1ccc(CN(C)C)cc1NCc1occc1C. The maximum atomic E-state index is 5.44. The van der Waals surface area contributed by atoms with Crippen molar-refractivity contribution in [3.8, 4) is 5.75 Å². The first-order valence-corrected chi connectivity index (χ1v) is 6.68. The molecule has 1 N–H and O–H groups in total. The molecule has 1 aromatic heterocycles. The third-order valence-corrected chi connectivity index (χ3v) is 3.17. The van der Waals surface area contributed by atoms with E-state index in [1.54, 1.807) is 13.4 Å². The van der Waals surface area contributed by atoms with Crippen molar-refractivity contribution < 1.29 is 9.15 Å². The second-order valence-electron chi connectivity index (χ2n) is 5.15. The molecule has 2 rings (SSSR count). The summed E-state index contributed by atoms with van der Waals surface area (Å²) in [6, 6.07) is 8.17. The van der Waals surface area contributed by atoms with Gasteiger partial charge in [0, 0.05) is 6.54 Å². The zero-order valence-electron chi connectivity index (χ0n) is 12.6. The van der Waals surface area contributed by atoms with Gasteiger partial charge in [-0.15, -0.1) is 0 Å². The van der Waals surface area contributed by atoms with Crippen LogP contribution in [0, 0.1) is 6.92 Å². The molecule has 4 heteroatoms. The molecule has 0 bridgehead atoms. The highest BCUT2D eigenvalue weighted by Gasteiger charge is 2.07. The lowest BCUT2D eigenvalue weighted by atomic mass is 10.1. The first-order valence-electron chi connectivity index (χ1n) is 6.68. The zero-order valence-corrected chi connectivity index (χ0v) is 12.6. The lowest BCUT2D eigenvalue weighted by Crippen LogP contribution is -2.11. The van der Waals surface area contributed by atoms with Gasteiger partial charge < -0.3 is 19.4 Å². The smallest absolute Gasteiger partial charge is 0.141 e. The molecular weight excluding hydrogens is 252 g/mol. The van der Waals surface area contributed by atoms with Crippen LogP contribution in [0.4, 0.5) is 5.69 Å². The third kappa shape index (κ3) is 3.54. The molecule has 1 heterocycles. The molecule has 0 aliphatic heterocycles. The summed E-state index contributed by atoms with van der Waals surface area (Å²) in [5.74, 6) is 1.79. The summed E-state index contributed by atoms with van der Waals surface area (Å²) in [7, 11) is 5.80. The van der Waals surface area contributed by atoms with E-state index in [1.807, 2.05) is 19.1 Å². The van der Waals surface area contributed by atoms with Gasteiger partial charge in [0.1, 0.15) is 11.5 Å². The van der Waals surface area contributed by atoms with E-state index < -0.39 is 0 Å². The molecule has 1 aromatic carbocycles. The minimum Gasteiger partial charge on any atom is -0.495 e. The van der Waals surface area contributed by atoms with Crippen molar-refractivity contribution in [2.75, 3.05) is 26.5 Å². The molecule has 0 aliphatic carbocycles. The Labute approximate surface area is 120 Å². The number of anilines is 1. The topological polar surface area (TPSA) is 37.6 Å². The molecule has 4 nitrogen and oxygen atoms in total. The van der Waals surface area contributed by atoms with Crippen molar-refractivity contribution in [2.24, 2.45) is 0 Å². The average Bonchev–Trinajstić information content (AvgIpc) is 2.81. The predicted molar refractivity (Wildman–Crippen MR) is 81.2 cm³/mol. The fourth-order valence-corrected chi connectivity index (χ4v) is 2.12. The number of aryl methyl sites for hydroxylation is 1. The summed E-state index contributed by atoms with van der Waals surface area (Å²) in [6.45, 7) is 3.60. The summed E-state index contributed by atoms with van der Waals surface area (Å²) >= 11 is 0.